The van der Waals surface area contributed by atoms with Crippen LogP contribution < -0.4 is 14.2 Å². The number of benzene rings is 2. The zero-order chi connectivity index (χ0) is 26.4. The van der Waals surface area contributed by atoms with Gasteiger partial charge in [0.05, 0.1) is 25.2 Å². The number of aliphatic hydroxyl groups excluding tert-OH is 1. The number of piperidine rings is 1. The molecule has 2 aliphatic heterocycles. The van der Waals surface area contributed by atoms with Gasteiger partial charge in [0.2, 0.25) is 0 Å². The van der Waals surface area contributed by atoms with E-state index in [0.29, 0.717) is 41.6 Å². The van der Waals surface area contributed by atoms with Gasteiger partial charge in [0.25, 0.3) is 0 Å². The van der Waals surface area contributed by atoms with Crippen molar-refractivity contribution >= 4 is 5.78 Å². The van der Waals surface area contributed by atoms with Gasteiger partial charge in [0.15, 0.2) is 23.4 Å². The van der Waals surface area contributed by atoms with Crippen molar-refractivity contribution in [3.05, 3.63) is 58.4 Å². The summed E-state index contributed by atoms with van der Waals surface area (Å²) in [7, 11) is 3.11. The number of rotatable bonds is 7. The van der Waals surface area contributed by atoms with Crippen LogP contribution in [-0.4, -0.2) is 71.1 Å². The number of phenolic OH excluding ortho intramolecular Hbond substituents is 1. The Kier molecular flexibility index (Phi) is 5.11. The lowest BCUT2D eigenvalue weighted by atomic mass is 9.49. The van der Waals surface area contributed by atoms with Crippen molar-refractivity contribution in [3.8, 4) is 23.0 Å². The Bertz CT molecular complexity index is 1380. The summed E-state index contributed by atoms with van der Waals surface area (Å²) in [5.41, 5.74) is 0.429. The van der Waals surface area contributed by atoms with Gasteiger partial charge in [-0.1, -0.05) is 6.07 Å². The first-order chi connectivity index (χ1) is 18.3. The normalized spacial score (nSPS) is 31.0. The van der Waals surface area contributed by atoms with E-state index in [1.807, 2.05) is 6.07 Å². The Labute approximate surface area is 221 Å². The SMILES string of the molecule is COc1ccc(OC)c(CC(=O)C2=C(O)[C@@H]3Oc4c(O)ccc5c4[C@@]34CCN(CC3CC3)[C@H](C5)[C@]4(O)C2)c1. The second-order valence-electron chi connectivity index (χ2n) is 11.6. The minimum absolute atomic E-state index is 0.00414. The van der Waals surface area contributed by atoms with Gasteiger partial charge in [-0.15, -0.1) is 0 Å². The van der Waals surface area contributed by atoms with Crippen molar-refractivity contribution in [2.75, 3.05) is 27.3 Å². The maximum atomic E-state index is 13.8. The first kappa shape index (κ1) is 23.9. The molecule has 7 rings (SSSR count). The van der Waals surface area contributed by atoms with Crippen LogP contribution in [0.15, 0.2) is 41.7 Å². The molecule has 0 unspecified atom stereocenters. The van der Waals surface area contributed by atoms with Crippen molar-refractivity contribution in [2.24, 2.45) is 5.92 Å². The third-order valence-electron chi connectivity index (χ3n) is 9.69. The molecular formula is C30H33NO7. The summed E-state index contributed by atoms with van der Waals surface area (Å²) in [6.45, 7) is 1.70. The quantitative estimate of drug-likeness (QED) is 0.512. The van der Waals surface area contributed by atoms with Gasteiger partial charge in [0.1, 0.15) is 17.3 Å². The van der Waals surface area contributed by atoms with E-state index in [0.717, 1.165) is 24.2 Å². The molecule has 5 aliphatic rings. The maximum absolute atomic E-state index is 13.8. The fourth-order valence-electron chi connectivity index (χ4n) is 7.71. The van der Waals surface area contributed by atoms with Gasteiger partial charge in [0, 0.05) is 42.1 Å². The standard InChI is InChI=1S/C30H33NO7/c1-36-19-6-8-23(37-2)18(11-19)12-22(33)20-14-30(35)24-13-17-5-7-21(32)27-25(17)29(30,28(38-27)26(20)34)9-10-31(24)15-16-3-4-16/h5-8,11,16,24,28,32,34-35H,3-4,9-10,12-15H2,1-2H3/t24-,28+,29+,30-/m1/s1. The maximum Gasteiger partial charge on any atom is 0.168 e. The van der Waals surface area contributed by atoms with E-state index in [4.69, 9.17) is 14.2 Å². The molecule has 1 saturated heterocycles. The Hall–Kier alpha value is -3.23. The Balaban J connectivity index is 1.34. The van der Waals surface area contributed by atoms with E-state index in [1.54, 1.807) is 38.5 Å². The highest BCUT2D eigenvalue weighted by atomic mass is 16.5. The Morgan fingerprint density at radius 3 is 2.71 bits per heavy atom. The number of hydrogen-bond acceptors (Lipinski definition) is 8. The molecule has 0 radical (unpaired) electrons. The zero-order valence-electron chi connectivity index (χ0n) is 21.7. The number of ketones is 1. The predicted molar refractivity (Wildman–Crippen MR) is 138 cm³/mol. The van der Waals surface area contributed by atoms with Crippen molar-refractivity contribution < 1.29 is 34.3 Å². The summed E-state index contributed by atoms with van der Waals surface area (Å²) in [5.74, 6) is 1.69. The number of carbonyl (C=O) groups excluding carboxylic acids is 1. The molecule has 38 heavy (non-hydrogen) atoms. The molecule has 2 bridgehead atoms. The van der Waals surface area contributed by atoms with Crippen LogP contribution in [0.1, 0.15) is 42.4 Å². The molecule has 0 aromatic heterocycles. The topological polar surface area (TPSA) is 109 Å². The predicted octanol–water partition coefficient (Wildman–Crippen LogP) is 3.21. The highest BCUT2D eigenvalue weighted by Crippen LogP contribution is 2.66. The lowest BCUT2D eigenvalue weighted by molar-refractivity contribution is -0.172. The minimum atomic E-state index is -1.33. The molecule has 3 N–H and O–H groups in total. The highest BCUT2D eigenvalue weighted by molar-refractivity contribution is 5.98. The van der Waals surface area contributed by atoms with Crippen molar-refractivity contribution in [3.63, 3.8) is 0 Å². The number of ether oxygens (including phenoxy) is 3. The number of phenols is 1. The molecule has 3 aliphatic carbocycles. The zero-order valence-corrected chi connectivity index (χ0v) is 21.7. The third-order valence-corrected chi connectivity index (χ3v) is 9.69. The van der Waals surface area contributed by atoms with Gasteiger partial charge < -0.3 is 29.5 Å². The van der Waals surface area contributed by atoms with Crippen LogP contribution in [0.5, 0.6) is 23.0 Å². The van der Waals surface area contributed by atoms with Gasteiger partial charge in [-0.3, -0.25) is 9.69 Å². The second-order valence-corrected chi connectivity index (χ2v) is 11.6. The van der Waals surface area contributed by atoms with Gasteiger partial charge in [-0.2, -0.15) is 0 Å². The van der Waals surface area contributed by atoms with Crippen LogP contribution in [0.25, 0.3) is 0 Å². The number of methoxy groups -OCH3 is 2. The number of hydrogen-bond donors (Lipinski definition) is 3. The number of carbonyl (C=O) groups is 1. The fourth-order valence-corrected chi connectivity index (χ4v) is 7.71. The Morgan fingerprint density at radius 1 is 1.16 bits per heavy atom. The average molecular weight is 520 g/mol. The molecule has 2 heterocycles. The molecule has 2 aromatic rings. The lowest BCUT2D eigenvalue weighted by Gasteiger charge is -2.62. The van der Waals surface area contributed by atoms with Crippen molar-refractivity contribution in [1.82, 2.24) is 4.90 Å². The minimum Gasteiger partial charge on any atom is -0.508 e. The van der Waals surface area contributed by atoms with Crippen molar-refractivity contribution in [2.45, 2.75) is 61.7 Å². The number of aliphatic hydroxyl groups is 2. The molecule has 4 atom stereocenters. The summed E-state index contributed by atoms with van der Waals surface area (Å²) < 4.78 is 17.1. The fraction of sp³-hybridized carbons (Fsp3) is 0.500. The van der Waals surface area contributed by atoms with E-state index in [1.165, 1.54) is 12.8 Å². The number of likely N-dealkylation sites (tertiary alicyclic amines) is 1. The van der Waals surface area contributed by atoms with E-state index >= 15 is 0 Å². The summed E-state index contributed by atoms with van der Waals surface area (Å²) in [6, 6.07) is 8.62. The molecule has 0 amide bonds. The van der Waals surface area contributed by atoms with Crippen LogP contribution in [0.3, 0.4) is 0 Å². The smallest absolute Gasteiger partial charge is 0.168 e. The lowest BCUT2D eigenvalue weighted by Crippen LogP contribution is -2.75. The summed E-state index contributed by atoms with van der Waals surface area (Å²) >= 11 is 0. The van der Waals surface area contributed by atoms with Crippen LogP contribution in [0.4, 0.5) is 0 Å². The van der Waals surface area contributed by atoms with Gasteiger partial charge in [-0.25, -0.2) is 0 Å². The molecule has 1 saturated carbocycles. The second kappa shape index (κ2) is 8.13. The summed E-state index contributed by atoms with van der Waals surface area (Å²) in [5, 5.41) is 35.1. The average Bonchev–Trinajstić information content (AvgIpc) is 3.65. The van der Waals surface area contributed by atoms with Crippen LogP contribution in [0.2, 0.25) is 0 Å². The molecule has 1 spiro atoms. The summed E-state index contributed by atoms with van der Waals surface area (Å²) in [6.07, 6.45) is 2.69. The van der Waals surface area contributed by atoms with E-state index < -0.39 is 17.1 Å². The van der Waals surface area contributed by atoms with Gasteiger partial charge >= 0.3 is 0 Å². The molecule has 200 valence electrons. The van der Waals surface area contributed by atoms with Crippen LogP contribution in [0, 0.1) is 5.92 Å². The number of Topliss-reactive ketones (excluding diaryl/α,β-unsaturated/α-hetero) is 1. The van der Waals surface area contributed by atoms with Crippen molar-refractivity contribution in [1.29, 1.82) is 0 Å². The molecule has 8 nitrogen and oxygen atoms in total. The highest BCUT2D eigenvalue weighted by Gasteiger charge is 2.73. The molecule has 2 fully saturated rings. The largest absolute Gasteiger partial charge is 0.508 e. The molecular weight excluding hydrogens is 486 g/mol. The van der Waals surface area contributed by atoms with E-state index in [2.05, 4.69) is 4.90 Å². The van der Waals surface area contributed by atoms with Crippen LogP contribution in [-0.2, 0) is 23.1 Å². The number of nitrogens with zero attached hydrogens (tertiary/aromatic N) is 1. The molecule has 8 heteroatoms. The van der Waals surface area contributed by atoms with Gasteiger partial charge in [-0.05, 0) is 68.0 Å². The number of aromatic hydroxyl groups is 1. The third kappa shape index (κ3) is 3.07. The summed E-state index contributed by atoms with van der Waals surface area (Å²) in [4.78, 5) is 16.2. The van der Waals surface area contributed by atoms with E-state index in [-0.39, 0.29) is 41.7 Å². The van der Waals surface area contributed by atoms with Crippen LogP contribution >= 0.6 is 0 Å². The molecule has 2 aromatic carbocycles. The Morgan fingerprint density at radius 2 is 1.97 bits per heavy atom. The van der Waals surface area contributed by atoms with E-state index in [9.17, 15) is 20.1 Å². The monoisotopic (exact) mass is 519 g/mol. The first-order valence-corrected chi connectivity index (χ1v) is 13.4. The first-order valence-electron chi connectivity index (χ1n) is 13.4.